The van der Waals surface area contributed by atoms with Gasteiger partial charge >= 0.3 is 0 Å². The predicted molar refractivity (Wildman–Crippen MR) is 124 cm³/mol. The molecule has 0 spiro atoms. The van der Waals surface area contributed by atoms with Crippen molar-refractivity contribution in [2.45, 2.75) is 0 Å². The number of hydrogen-bond donors (Lipinski definition) is 0. The monoisotopic (exact) mass is 621 g/mol. The van der Waals surface area contributed by atoms with Crippen LogP contribution in [0.15, 0.2) is 16.7 Å². The van der Waals surface area contributed by atoms with Crippen molar-refractivity contribution in [3.8, 4) is 36.4 Å². The number of nitriles is 6. The molecule has 4 rings (SSSR count). The summed E-state index contributed by atoms with van der Waals surface area (Å²) in [7, 11) is 0. The average Bonchev–Trinajstić information content (AvgIpc) is 3.74. The molecule has 18 heteroatoms. The fourth-order valence-corrected chi connectivity index (χ4v) is 4.07. The van der Waals surface area contributed by atoms with E-state index in [9.17, 15) is 42.1 Å². The zero-order valence-electron chi connectivity index (χ0n) is 20.9. The van der Waals surface area contributed by atoms with Crippen LogP contribution in [0, 0.1) is 121 Å². The second kappa shape index (κ2) is 11.3. The SMILES string of the molecule is N#CC(=C1C(=C(C#N)c2c(F)c(F)nc(C#N)c2F)C1=C(C#N)c1c(F)c(F)nc(C#N)c1F)c1c(F)c(F)nc(C#N)c1F. The van der Waals surface area contributed by atoms with E-state index in [2.05, 4.69) is 15.0 Å². The fourth-order valence-electron chi connectivity index (χ4n) is 4.07. The average molecular weight is 621 g/mol. The molecule has 0 bridgehead atoms. The lowest BCUT2D eigenvalue weighted by Gasteiger charge is -2.06. The highest BCUT2D eigenvalue weighted by Crippen LogP contribution is 2.57. The van der Waals surface area contributed by atoms with Gasteiger partial charge in [-0.3, -0.25) is 0 Å². The topological polar surface area (TPSA) is 181 Å². The lowest BCUT2D eigenvalue weighted by molar-refractivity contribution is 0.459. The first-order valence-electron chi connectivity index (χ1n) is 11.1. The highest BCUT2D eigenvalue weighted by atomic mass is 19.2. The Morgan fingerprint density at radius 1 is 0.378 bits per heavy atom. The van der Waals surface area contributed by atoms with Crippen LogP contribution in [0.5, 0.6) is 0 Å². The number of aromatic nitrogens is 3. The van der Waals surface area contributed by atoms with E-state index in [0.29, 0.717) is 0 Å². The lowest BCUT2D eigenvalue weighted by atomic mass is 10.0. The van der Waals surface area contributed by atoms with E-state index >= 15 is 13.2 Å². The molecule has 1 fully saturated rings. The second-order valence-corrected chi connectivity index (χ2v) is 8.18. The van der Waals surface area contributed by atoms with Gasteiger partial charge in [0.25, 0.3) is 17.8 Å². The first kappa shape index (κ1) is 30.9. The Labute approximate surface area is 242 Å². The van der Waals surface area contributed by atoms with E-state index in [0.717, 1.165) is 36.4 Å². The van der Waals surface area contributed by atoms with E-state index in [1.807, 2.05) is 0 Å². The Hall–Kier alpha value is -7.02. The molecular formula is C27F9N9. The molecule has 45 heavy (non-hydrogen) atoms. The summed E-state index contributed by atoms with van der Waals surface area (Å²) in [5, 5.41) is 56.7. The standard InChI is InChI=1S/C27F9N9/c28-19-10(4-40)43-25(34)22(31)16(19)7(1-37)13-14(8(2-38)17-20(29)11(5-41)44-26(35)23(17)32)15(13)9(3-39)18-21(30)12(6-42)45-27(36)24(18)33. The number of rotatable bonds is 3. The molecule has 1 aliphatic rings. The summed E-state index contributed by atoms with van der Waals surface area (Å²) in [6.45, 7) is 0. The Morgan fingerprint density at radius 2 is 0.600 bits per heavy atom. The molecule has 3 aromatic heterocycles. The van der Waals surface area contributed by atoms with Gasteiger partial charge in [0.1, 0.15) is 36.4 Å². The summed E-state index contributed by atoms with van der Waals surface area (Å²) in [4.78, 5) is 8.08. The van der Waals surface area contributed by atoms with E-state index in [-0.39, 0.29) is 0 Å². The van der Waals surface area contributed by atoms with Gasteiger partial charge in [-0.25, -0.2) is 41.3 Å². The highest BCUT2D eigenvalue weighted by molar-refractivity contribution is 6.12. The molecule has 9 nitrogen and oxygen atoms in total. The van der Waals surface area contributed by atoms with Crippen molar-refractivity contribution in [1.29, 1.82) is 31.6 Å². The van der Waals surface area contributed by atoms with Crippen molar-refractivity contribution in [2.75, 3.05) is 0 Å². The minimum atomic E-state index is -2.27. The van der Waals surface area contributed by atoms with E-state index < -0.39 is 120 Å². The molecule has 0 radical (unpaired) electrons. The van der Waals surface area contributed by atoms with Gasteiger partial charge < -0.3 is 0 Å². The highest BCUT2D eigenvalue weighted by Gasteiger charge is 2.45. The Bertz CT molecular complexity index is 2010. The van der Waals surface area contributed by atoms with Crippen LogP contribution >= 0.6 is 0 Å². The fraction of sp³-hybridized carbons (Fsp3) is 0. The van der Waals surface area contributed by atoms with Crippen LogP contribution < -0.4 is 0 Å². The first-order chi connectivity index (χ1) is 21.3. The molecule has 216 valence electrons. The van der Waals surface area contributed by atoms with Gasteiger partial charge in [-0.05, 0) is 0 Å². The van der Waals surface area contributed by atoms with Gasteiger partial charge in [0.2, 0.25) is 0 Å². The Morgan fingerprint density at radius 3 is 0.778 bits per heavy atom. The van der Waals surface area contributed by atoms with Gasteiger partial charge in [0.05, 0.1) is 33.4 Å². The largest absolute Gasteiger partial charge is 0.251 e. The molecule has 0 amide bonds. The van der Waals surface area contributed by atoms with E-state index in [4.69, 9.17) is 15.8 Å². The maximum Gasteiger partial charge on any atom is 0.251 e. The first-order valence-corrected chi connectivity index (χ1v) is 11.1. The van der Waals surface area contributed by atoms with Crippen molar-refractivity contribution >= 4 is 16.7 Å². The normalized spacial score (nSPS) is 11.4. The van der Waals surface area contributed by atoms with Crippen LogP contribution in [0.1, 0.15) is 33.8 Å². The summed E-state index contributed by atoms with van der Waals surface area (Å²) in [5.74, 6) is -19.4. The molecule has 0 unspecified atom stereocenters. The zero-order valence-corrected chi connectivity index (χ0v) is 20.9. The van der Waals surface area contributed by atoms with Crippen LogP contribution in [0.25, 0.3) is 16.7 Å². The maximum absolute atomic E-state index is 15.1. The zero-order chi connectivity index (χ0) is 33.5. The summed E-state index contributed by atoms with van der Waals surface area (Å²) in [5.41, 5.74) is -17.4. The number of hydrogen-bond acceptors (Lipinski definition) is 9. The summed E-state index contributed by atoms with van der Waals surface area (Å²) in [6, 6.07) is 6.56. The van der Waals surface area contributed by atoms with Crippen LogP contribution in [-0.4, -0.2) is 15.0 Å². The van der Waals surface area contributed by atoms with Crippen molar-refractivity contribution < 1.29 is 39.5 Å². The number of allylic oxidation sites excluding steroid dienone is 6. The quantitative estimate of drug-likeness (QED) is 0.221. The van der Waals surface area contributed by atoms with Gasteiger partial charge in [-0.1, -0.05) is 0 Å². The number of halogens is 9. The number of nitrogens with zero attached hydrogens (tertiary/aromatic N) is 9. The molecule has 0 aromatic carbocycles. The third-order valence-corrected chi connectivity index (χ3v) is 5.95. The van der Waals surface area contributed by atoms with Gasteiger partial charge in [-0.2, -0.15) is 44.7 Å². The Kier molecular flexibility index (Phi) is 7.79. The smallest absolute Gasteiger partial charge is 0.203 e. The van der Waals surface area contributed by atoms with Crippen LogP contribution in [-0.2, 0) is 0 Å². The van der Waals surface area contributed by atoms with E-state index in [1.165, 1.54) is 0 Å². The predicted octanol–water partition coefficient (Wildman–Crippen LogP) is 4.98. The molecule has 3 aromatic rings. The van der Waals surface area contributed by atoms with Gasteiger partial charge in [0, 0.05) is 16.7 Å². The number of pyridine rings is 3. The third-order valence-electron chi connectivity index (χ3n) is 5.95. The molecule has 0 atom stereocenters. The summed E-state index contributed by atoms with van der Waals surface area (Å²) in [6.07, 6.45) is 0. The minimum absolute atomic E-state index is 1.04. The van der Waals surface area contributed by atoms with Crippen LogP contribution in [0.2, 0.25) is 0 Å². The van der Waals surface area contributed by atoms with Gasteiger partial charge in [0.15, 0.2) is 52.0 Å². The van der Waals surface area contributed by atoms with Gasteiger partial charge in [-0.15, -0.1) is 0 Å². The van der Waals surface area contributed by atoms with Crippen molar-refractivity contribution in [2.24, 2.45) is 0 Å². The second-order valence-electron chi connectivity index (χ2n) is 8.18. The molecule has 1 aliphatic carbocycles. The van der Waals surface area contributed by atoms with Crippen LogP contribution in [0.3, 0.4) is 0 Å². The maximum atomic E-state index is 15.1. The van der Waals surface area contributed by atoms with Crippen molar-refractivity contribution in [3.05, 3.63) is 103 Å². The molecular weight excluding hydrogens is 621 g/mol. The molecule has 0 saturated heterocycles. The minimum Gasteiger partial charge on any atom is -0.203 e. The summed E-state index contributed by atoms with van der Waals surface area (Å²) < 4.78 is 133. The molecule has 0 aliphatic heterocycles. The lowest BCUT2D eigenvalue weighted by Crippen LogP contribution is -2.06. The third kappa shape index (κ3) is 4.62. The van der Waals surface area contributed by atoms with E-state index in [1.54, 1.807) is 0 Å². The molecule has 1 saturated carbocycles. The van der Waals surface area contributed by atoms with Crippen molar-refractivity contribution in [3.63, 3.8) is 0 Å². The summed E-state index contributed by atoms with van der Waals surface area (Å²) >= 11 is 0. The van der Waals surface area contributed by atoms with Crippen LogP contribution in [0.4, 0.5) is 39.5 Å². The Balaban J connectivity index is 2.36. The van der Waals surface area contributed by atoms with Crippen molar-refractivity contribution in [1.82, 2.24) is 15.0 Å². The molecule has 0 N–H and O–H groups in total. The molecule has 3 heterocycles.